The van der Waals surface area contributed by atoms with Gasteiger partial charge in [-0.2, -0.15) is 5.10 Å². The van der Waals surface area contributed by atoms with Crippen LogP contribution in [0.4, 0.5) is 5.82 Å². The van der Waals surface area contributed by atoms with E-state index in [0.29, 0.717) is 12.4 Å². The van der Waals surface area contributed by atoms with Crippen molar-refractivity contribution in [1.29, 1.82) is 0 Å². The number of nitrogens with two attached hydrogens (primary N) is 1. The number of ether oxygens (including phenoxy) is 1. The number of benzene rings is 2. The molecule has 3 aromatic rings. The second-order valence-electron chi connectivity index (χ2n) is 4.44. The van der Waals surface area contributed by atoms with Gasteiger partial charge in [0, 0.05) is 12.4 Å². The van der Waals surface area contributed by atoms with Gasteiger partial charge in [0.05, 0.1) is 0 Å². The average molecular weight is 253 g/mol. The van der Waals surface area contributed by atoms with Crippen LogP contribution in [0.3, 0.4) is 0 Å². The van der Waals surface area contributed by atoms with Crippen LogP contribution < -0.4 is 10.5 Å². The molecule has 1 aromatic heterocycles. The quantitative estimate of drug-likeness (QED) is 0.780. The second-order valence-corrected chi connectivity index (χ2v) is 4.44. The standard InChI is InChI=1S/C15H15N3O/c1-18-14-12(15(16)17-18)8-5-9-13(14)19-10-11-6-3-2-4-7-11/h2-9H,10H2,1H3,(H2,16,17). The Morgan fingerprint density at radius 3 is 2.68 bits per heavy atom. The van der Waals surface area contributed by atoms with E-state index in [9.17, 15) is 0 Å². The molecular formula is C15H15N3O. The minimum absolute atomic E-state index is 0.530. The van der Waals surface area contributed by atoms with E-state index in [0.717, 1.165) is 22.2 Å². The first kappa shape index (κ1) is 11.6. The van der Waals surface area contributed by atoms with Gasteiger partial charge in [-0.3, -0.25) is 4.68 Å². The van der Waals surface area contributed by atoms with Crippen LogP contribution >= 0.6 is 0 Å². The lowest BCUT2D eigenvalue weighted by Crippen LogP contribution is -1.98. The molecule has 2 aromatic carbocycles. The number of anilines is 1. The molecule has 0 saturated carbocycles. The number of aryl methyl sites for hydroxylation is 1. The normalized spacial score (nSPS) is 10.8. The number of fused-ring (bicyclic) bond motifs is 1. The predicted molar refractivity (Wildman–Crippen MR) is 75.9 cm³/mol. The number of nitrogen functional groups attached to an aromatic ring is 1. The SMILES string of the molecule is Cn1nc(N)c2cccc(OCc3ccccc3)c21. The van der Waals surface area contributed by atoms with E-state index in [2.05, 4.69) is 5.10 Å². The molecule has 0 radical (unpaired) electrons. The largest absolute Gasteiger partial charge is 0.487 e. The van der Waals surface area contributed by atoms with Crippen molar-refractivity contribution in [2.24, 2.45) is 7.05 Å². The van der Waals surface area contributed by atoms with Crippen molar-refractivity contribution in [3.05, 3.63) is 54.1 Å². The summed E-state index contributed by atoms with van der Waals surface area (Å²) in [4.78, 5) is 0. The Morgan fingerprint density at radius 2 is 1.89 bits per heavy atom. The maximum Gasteiger partial charge on any atom is 0.153 e. The summed E-state index contributed by atoms with van der Waals surface area (Å²) in [5, 5.41) is 5.14. The Morgan fingerprint density at radius 1 is 1.11 bits per heavy atom. The molecule has 0 aliphatic rings. The Kier molecular flexibility index (Phi) is 2.83. The highest BCUT2D eigenvalue weighted by Crippen LogP contribution is 2.29. The van der Waals surface area contributed by atoms with E-state index in [1.165, 1.54) is 0 Å². The summed E-state index contributed by atoms with van der Waals surface area (Å²) in [6, 6.07) is 15.9. The maximum atomic E-state index is 5.88. The topological polar surface area (TPSA) is 53.1 Å². The number of para-hydroxylation sites is 1. The third-order valence-corrected chi connectivity index (χ3v) is 3.09. The fourth-order valence-corrected chi connectivity index (χ4v) is 2.18. The fourth-order valence-electron chi connectivity index (χ4n) is 2.18. The first-order valence-corrected chi connectivity index (χ1v) is 6.13. The molecule has 0 aliphatic heterocycles. The number of aromatic nitrogens is 2. The van der Waals surface area contributed by atoms with Gasteiger partial charge >= 0.3 is 0 Å². The Bertz CT molecular complexity index is 704. The first-order chi connectivity index (χ1) is 9.25. The highest BCUT2D eigenvalue weighted by atomic mass is 16.5. The zero-order valence-electron chi connectivity index (χ0n) is 10.7. The van der Waals surface area contributed by atoms with Crippen molar-refractivity contribution in [3.8, 4) is 5.75 Å². The van der Waals surface area contributed by atoms with E-state index < -0.39 is 0 Å². The molecule has 0 atom stereocenters. The van der Waals surface area contributed by atoms with E-state index in [1.54, 1.807) is 4.68 Å². The lowest BCUT2D eigenvalue weighted by Gasteiger charge is -2.08. The van der Waals surface area contributed by atoms with Gasteiger partial charge in [0.2, 0.25) is 0 Å². The lowest BCUT2D eigenvalue weighted by molar-refractivity contribution is 0.308. The van der Waals surface area contributed by atoms with Crippen molar-refractivity contribution in [2.75, 3.05) is 5.73 Å². The molecule has 2 N–H and O–H groups in total. The summed E-state index contributed by atoms with van der Waals surface area (Å²) in [7, 11) is 1.87. The molecule has 0 bridgehead atoms. The van der Waals surface area contributed by atoms with Crippen LogP contribution in [-0.4, -0.2) is 9.78 Å². The van der Waals surface area contributed by atoms with Crippen molar-refractivity contribution in [1.82, 2.24) is 9.78 Å². The second kappa shape index (κ2) is 4.65. The Labute approximate surface area is 111 Å². The molecule has 19 heavy (non-hydrogen) atoms. The molecule has 0 amide bonds. The summed E-state index contributed by atoms with van der Waals surface area (Å²) in [6.07, 6.45) is 0. The number of hydrogen-bond acceptors (Lipinski definition) is 3. The predicted octanol–water partition coefficient (Wildman–Crippen LogP) is 2.73. The molecule has 3 rings (SSSR count). The van der Waals surface area contributed by atoms with Crippen LogP contribution in [0.25, 0.3) is 10.9 Å². The van der Waals surface area contributed by atoms with Gasteiger partial charge in [0.1, 0.15) is 17.9 Å². The molecule has 4 nitrogen and oxygen atoms in total. The fraction of sp³-hybridized carbons (Fsp3) is 0.133. The first-order valence-electron chi connectivity index (χ1n) is 6.13. The lowest BCUT2D eigenvalue weighted by atomic mass is 10.2. The van der Waals surface area contributed by atoms with Gasteiger partial charge in [-0.05, 0) is 17.7 Å². The van der Waals surface area contributed by atoms with Crippen LogP contribution in [0.15, 0.2) is 48.5 Å². The highest BCUT2D eigenvalue weighted by Gasteiger charge is 2.10. The molecule has 1 heterocycles. The van der Waals surface area contributed by atoms with Gasteiger partial charge in [0.15, 0.2) is 5.82 Å². The summed E-state index contributed by atoms with van der Waals surface area (Å²) in [6.45, 7) is 0.533. The number of nitrogens with zero attached hydrogens (tertiary/aromatic N) is 2. The minimum atomic E-state index is 0.530. The summed E-state index contributed by atoms with van der Waals surface area (Å²) < 4.78 is 7.64. The third kappa shape index (κ3) is 2.12. The van der Waals surface area contributed by atoms with Gasteiger partial charge in [-0.15, -0.1) is 0 Å². The third-order valence-electron chi connectivity index (χ3n) is 3.09. The van der Waals surface area contributed by atoms with Gasteiger partial charge in [-0.25, -0.2) is 0 Å². The average Bonchev–Trinajstić information content (AvgIpc) is 2.74. The van der Waals surface area contributed by atoms with Gasteiger partial charge in [-0.1, -0.05) is 36.4 Å². The molecular weight excluding hydrogens is 238 g/mol. The van der Waals surface area contributed by atoms with E-state index >= 15 is 0 Å². The van der Waals surface area contributed by atoms with Crippen molar-refractivity contribution < 1.29 is 4.74 Å². The number of hydrogen-bond donors (Lipinski definition) is 1. The molecule has 0 spiro atoms. The smallest absolute Gasteiger partial charge is 0.153 e. The van der Waals surface area contributed by atoms with Crippen molar-refractivity contribution in [2.45, 2.75) is 6.61 Å². The molecule has 0 saturated heterocycles. The zero-order chi connectivity index (χ0) is 13.2. The monoisotopic (exact) mass is 253 g/mol. The van der Waals surface area contributed by atoms with Crippen LogP contribution in [0.1, 0.15) is 5.56 Å². The Hall–Kier alpha value is -2.49. The van der Waals surface area contributed by atoms with Crippen LogP contribution in [0, 0.1) is 0 Å². The number of rotatable bonds is 3. The summed E-state index contributed by atoms with van der Waals surface area (Å²) >= 11 is 0. The Balaban J connectivity index is 1.93. The van der Waals surface area contributed by atoms with Gasteiger partial charge in [0.25, 0.3) is 0 Å². The minimum Gasteiger partial charge on any atom is -0.487 e. The van der Waals surface area contributed by atoms with Crippen molar-refractivity contribution >= 4 is 16.7 Å². The van der Waals surface area contributed by atoms with Crippen molar-refractivity contribution in [3.63, 3.8) is 0 Å². The maximum absolute atomic E-state index is 5.88. The van der Waals surface area contributed by atoms with Crippen LogP contribution in [-0.2, 0) is 13.7 Å². The summed E-state index contributed by atoms with van der Waals surface area (Å²) in [5.41, 5.74) is 7.93. The van der Waals surface area contributed by atoms with E-state index in [1.807, 2.05) is 55.6 Å². The summed E-state index contributed by atoms with van der Waals surface area (Å²) in [5.74, 6) is 1.33. The molecule has 4 heteroatoms. The highest BCUT2D eigenvalue weighted by molar-refractivity contribution is 5.93. The molecule has 0 unspecified atom stereocenters. The van der Waals surface area contributed by atoms with Crippen LogP contribution in [0.5, 0.6) is 5.75 Å². The van der Waals surface area contributed by atoms with Crippen LogP contribution in [0.2, 0.25) is 0 Å². The van der Waals surface area contributed by atoms with Gasteiger partial charge < -0.3 is 10.5 Å². The van der Waals surface area contributed by atoms with E-state index in [-0.39, 0.29) is 0 Å². The van der Waals surface area contributed by atoms with E-state index in [4.69, 9.17) is 10.5 Å². The molecule has 0 aliphatic carbocycles. The molecule has 96 valence electrons. The molecule has 0 fully saturated rings. The zero-order valence-corrected chi connectivity index (χ0v) is 10.7.